The first-order valence-corrected chi connectivity index (χ1v) is 9.10. The van der Waals surface area contributed by atoms with E-state index in [2.05, 4.69) is 15.2 Å². The molecule has 26 heavy (non-hydrogen) atoms. The van der Waals surface area contributed by atoms with Crippen LogP contribution in [0.1, 0.15) is 22.5 Å². The van der Waals surface area contributed by atoms with Crippen molar-refractivity contribution in [3.05, 3.63) is 53.9 Å². The monoisotopic (exact) mass is 354 g/mol. The van der Waals surface area contributed by atoms with Crippen LogP contribution in [0.25, 0.3) is 11.1 Å². The molecule has 1 aromatic carbocycles. The number of nitrogens with zero attached hydrogens (tertiary/aromatic N) is 2. The van der Waals surface area contributed by atoms with Gasteiger partial charge in [-0.2, -0.15) is 0 Å². The lowest BCUT2D eigenvalue weighted by Crippen LogP contribution is -2.38. The fraction of sp³-hybridized carbons (Fsp3) is 0.400. The minimum absolute atomic E-state index is 0.138. The zero-order chi connectivity index (χ0) is 18.2. The van der Waals surface area contributed by atoms with E-state index in [9.17, 15) is 4.79 Å². The van der Waals surface area contributed by atoms with Crippen molar-refractivity contribution in [1.82, 2.24) is 15.2 Å². The van der Waals surface area contributed by atoms with Gasteiger partial charge in [0, 0.05) is 37.9 Å². The summed E-state index contributed by atoms with van der Waals surface area (Å²) in [6, 6.07) is 11.7. The molecule has 138 valence electrons. The van der Waals surface area contributed by atoms with E-state index in [4.69, 9.17) is 10.5 Å². The minimum atomic E-state index is -0.138. The Morgan fingerprint density at radius 2 is 2.08 bits per heavy atom. The van der Waals surface area contributed by atoms with Crippen LogP contribution in [-0.2, 0) is 11.3 Å². The number of nitrogens with two attached hydrogens (primary N) is 1. The molecular weight excluding hydrogens is 328 g/mol. The fourth-order valence-corrected chi connectivity index (χ4v) is 3.10. The van der Waals surface area contributed by atoms with Crippen LogP contribution < -0.4 is 11.1 Å². The topological polar surface area (TPSA) is 80.5 Å². The van der Waals surface area contributed by atoms with Crippen LogP contribution in [-0.4, -0.2) is 55.2 Å². The summed E-state index contributed by atoms with van der Waals surface area (Å²) < 4.78 is 5.35. The van der Waals surface area contributed by atoms with Gasteiger partial charge in [0.1, 0.15) is 5.69 Å². The molecule has 6 nitrogen and oxygen atoms in total. The smallest absolute Gasteiger partial charge is 0.270 e. The predicted molar refractivity (Wildman–Crippen MR) is 102 cm³/mol. The van der Waals surface area contributed by atoms with Crippen LogP contribution in [0.3, 0.4) is 0 Å². The average Bonchev–Trinajstić information content (AvgIpc) is 2.72. The van der Waals surface area contributed by atoms with E-state index in [1.807, 2.05) is 36.4 Å². The van der Waals surface area contributed by atoms with Gasteiger partial charge in [0.15, 0.2) is 0 Å². The Morgan fingerprint density at radius 1 is 1.23 bits per heavy atom. The van der Waals surface area contributed by atoms with Crippen molar-refractivity contribution >= 4 is 5.91 Å². The maximum atomic E-state index is 12.6. The SMILES string of the molecule is NCc1cccc(-c2cccnc2C(=O)NCCCN2CCOCC2)c1. The first-order valence-electron chi connectivity index (χ1n) is 9.10. The van der Waals surface area contributed by atoms with Crippen LogP contribution in [0.2, 0.25) is 0 Å². The molecule has 1 amide bonds. The molecule has 0 unspecified atom stereocenters. The van der Waals surface area contributed by atoms with Crippen LogP contribution in [0.5, 0.6) is 0 Å². The lowest BCUT2D eigenvalue weighted by molar-refractivity contribution is 0.0374. The van der Waals surface area contributed by atoms with Crippen LogP contribution in [0, 0.1) is 0 Å². The molecule has 1 fully saturated rings. The zero-order valence-corrected chi connectivity index (χ0v) is 15.0. The minimum Gasteiger partial charge on any atom is -0.379 e. The molecule has 0 bridgehead atoms. The molecule has 1 aliphatic heterocycles. The van der Waals surface area contributed by atoms with E-state index in [1.165, 1.54) is 0 Å². The van der Waals surface area contributed by atoms with Gasteiger partial charge in [0.2, 0.25) is 0 Å². The molecule has 0 spiro atoms. The van der Waals surface area contributed by atoms with Crippen molar-refractivity contribution in [3.63, 3.8) is 0 Å². The van der Waals surface area contributed by atoms with Gasteiger partial charge in [-0.3, -0.25) is 14.7 Å². The summed E-state index contributed by atoms with van der Waals surface area (Å²) in [6.07, 6.45) is 2.56. The van der Waals surface area contributed by atoms with Crippen molar-refractivity contribution in [3.8, 4) is 11.1 Å². The molecule has 3 N–H and O–H groups in total. The van der Waals surface area contributed by atoms with Crippen LogP contribution in [0.15, 0.2) is 42.6 Å². The third kappa shape index (κ3) is 4.88. The predicted octanol–water partition coefficient (Wildman–Crippen LogP) is 1.66. The molecule has 2 aromatic rings. The number of hydrogen-bond donors (Lipinski definition) is 2. The second kappa shape index (κ2) is 9.43. The third-order valence-corrected chi connectivity index (χ3v) is 4.54. The summed E-state index contributed by atoms with van der Waals surface area (Å²) in [5.41, 5.74) is 9.00. The number of carbonyl (C=O) groups is 1. The highest BCUT2D eigenvalue weighted by Gasteiger charge is 2.14. The summed E-state index contributed by atoms with van der Waals surface area (Å²) in [5, 5.41) is 2.99. The summed E-state index contributed by atoms with van der Waals surface area (Å²) in [7, 11) is 0. The van der Waals surface area contributed by atoms with E-state index >= 15 is 0 Å². The number of hydrogen-bond acceptors (Lipinski definition) is 5. The molecule has 2 heterocycles. The number of rotatable bonds is 7. The molecule has 0 saturated carbocycles. The molecule has 0 radical (unpaired) electrons. The second-order valence-electron chi connectivity index (χ2n) is 6.37. The van der Waals surface area contributed by atoms with Crippen molar-refractivity contribution in [2.45, 2.75) is 13.0 Å². The largest absolute Gasteiger partial charge is 0.379 e. The Bertz CT molecular complexity index is 729. The van der Waals surface area contributed by atoms with Gasteiger partial charge in [0.05, 0.1) is 13.2 Å². The average molecular weight is 354 g/mol. The molecule has 1 saturated heterocycles. The number of ether oxygens (including phenoxy) is 1. The maximum absolute atomic E-state index is 12.6. The number of benzene rings is 1. The van der Waals surface area contributed by atoms with Gasteiger partial charge < -0.3 is 15.8 Å². The van der Waals surface area contributed by atoms with Gasteiger partial charge in [-0.1, -0.05) is 24.3 Å². The second-order valence-corrected chi connectivity index (χ2v) is 6.37. The summed E-state index contributed by atoms with van der Waals surface area (Å²) in [6.45, 7) is 5.60. The van der Waals surface area contributed by atoms with Gasteiger partial charge in [-0.15, -0.1) is 0 Å². The molecule has 0 atom stereocenters. The summed E-state index contributed by atoms with van der Waals surface area (Å²) >= 11 is 0. The number of aromatic nitrogens is 1. The first kappa shape index (κ1) is 18.5. The summed E-state index contributed by atoms with van der Waals surface area (Å²) in [5.74, 6) is -0.138. The van der Waals surface area contributed by atoms with Crippen molar-refractivity contribution in [1.29, 1.82) is 0 Å². The molecule has 1 aliphatic rings. The van der Waals surface area contributed by atoms with E-state index in [0.29, 0.717) is 18.8 Å². The number of pyridine rings is 1. The lowest BCUT2D eigenvalue weighted by atomic mass is 10.0. The number of morpholine rings is 1. The number of amides is 1. The van der Waals surface area contributed by atoms with Crippen molar-refractivity contribution in [2.24, 2.45) is 5.73 Å². The summed E-state index contributed by atoms with van der Waals surface area (Å²) in [4.78, 5) is 19.3. The Kier molecular flexibility index (Phi) is 6.71. The molecule has 0 aliphatic carbocycles. The maximum Gasteiger partial charge on any atom is 0.270 e. The normalized spacial score (nSPS) is 15.0. The van der Waals surface area contributed by atoms with E-state index in [1.54, 1.807) is 6.20 Å². The van der Waals surface area contributed by atoms with E-state index in [0.717, 1.165) is 56.0 Å². The molecular formula is C20H26N4O2. The highest BCUT2D eigenvalue weighted by atomic mass is 16.5. The quantitative estimate of drug-likeness (QED) is 0.739. The Morgan fingerprint density at radius 3 is 2.88 bits per heavy atom. The number of carbonyl (C=O) groups excluding carboxylic acids is 1. The Balaban J connectivity index is 1.60. The van der Waals surface area contributed by atoms with E-state index in [-0.39, 0.29) is 5.91 Å². The highest BCUT2D eigenvalue weighted by Crippen LogP contribution is 2.23. The van der Waals surface area contributed by atoms with Crippen LogP contribution >= 0.6 is 0 Å². The first-order chi connectivity index (χ1) is 12.8. The van der Waals surface area contributed by atoms with Crippen molar-refractivity contribution in [2.75, 3.05) is 39.4 Å². The Hall–Kier alpha value is -2.28. The highest BCUT2D eigenvalue weighted by molar-refractivity contribution is 5.98. The molecule has 3 rings (SSSR count). The van der Waals surface area contributed by atoms with Gasteiger partial charge >= 0.3 is 0 Å². The van der Waals surface area contributed by atoms with E-state index < -0.39 is 0 Å². The lowest BCUT2D eigenvalue weighted by Gasteiger charge is -2.26. The zero-order valence-electron chi connectivity index (χ0n) is 15.0. The molecule has 1 aromatic heterocycles. The number of nitrogens with one attached hydrogen (secondary N) is 1. The Labute approximate surface area is 154 Å². The standard InChI is InChI=1S/C20H26N4O2/c21-15-16-4-1-5-17(14-16)18-6-2-7-22-19(18)20(25)23-8-3-9-24-10-12-26-13-11-24/h1-2,4-7,14H,3,8-13,15,21H2,(H,23,25). The molecule has 6 heteroatoms. The van der Waals surface area contributed by atoms with Gasteiger partial charge in [-0.25, -0.2) is 0 Å². The van der Waals surface area contributed by atoms with Crippen LogP contribution in [0.4, 0.5) is 0 Å². The third-order valence-electron chi connectivity index (χ3n) is 4.54. The van der Waals surface area contributed by atoms with Gasteiger partial charge in [-0.05, 0) is 36.2 Å². The van der Waals surface area contributed by atoms with Gasteiger partial charge in [0.25, 0.3) is 5.91 Å². The fourth-order valence-electron chi connectivity index (χ4n) is 3.10. The van der Waals surface area contributed by atoms with Crippen molar-refractivity contribution < 1.29 is 9.53 Å².